The first-order valence-corrected chi connectivity index (χ1v) is 7.11. The first kappa shape index (κ1) is 11.2. The van der Waals surface area contributed by atoms with E-state index < -0.39 is 0 Å². The van der Waals surface area contributed by atoms with Gasteiger partial charge in [0.05, 0.1) is 24.8 Å². The van der Waals surface area contributed by atoms with Crippen LogP contribution in [0, 0.1) is 0 Å². The summed E-state index contributed by atoms with van der Waals surface area (Å²) in [5.41, 5.74) is 5.74. The molecule has 1 aliphatic heterocycles. The number of hydrogen-bond acceptors (Lipinski definition) is 5. The van der Waals surface area contributed by atoms with Gasteiger partial charge in [0.15, 0.2) is 0 Å². The second kappa shape index (κ2) is 4.78. The van der Waals surface area contributed by atoms with Crippen LogP contribution in [0.4, 0.5) is 5.00 Å². The molecule has 1 aliphatic rings. The summed E-state index contributed by atoms with van der Waals surface area (Å²) in [6.45, 7) is 2.05. The number of nitrogens with two attached hydrogens (primary N) is 1. The van der Waals surface area contributed by atoms with Crippen molar-refractivity contribution in [3.8, 4) is 9.75 Å². The predicted octanol–water partition coefficient (Wildman–Crippen LogP) is 3.15. The highest BCUT2D eigenvalue weighted by atomic mass is 32.1. The van der Waals surface area contributed by atoms with Gasteiger partial charge in [0.2, 0.25) is 0 Å². The van der Waals surface area contributed by atoms with E-state index >= 15 is 0 Å². The second-order valence-electron chi connectivity index (χ2n) is 3.84. The summed E-state index contributed by atoms with van der Waals surface area (Å²) in [7, 11) is 0. The Balaban J connectivity index is 1.82. The quantitative estimate of drug-likeness (QED) is 0.909. The smallest absolute Gasteiger partial charge is 0.115 e. The lowest BCUT2D eigenvalue weighted by molar-refractivity contribution is -0.0887. The summed E-state index contributed by atoms with van der Waals surface area (Å²) in [6.07, 6.45) is 0.0970. The van der Waals surface area contributed by atoms with Gasteiger partial charge < -0.3 is 15.2 Å². The number of rotatable bonds is 2. The van der Waals surface area contributed by atoms with Gasteiger partial charge >= 0.3 is 0 Å². The fourth-order valence-corrected chi connectivity index (χ4v) is 3.70. The zero-order chi connectivity index (χ0) is 11.7. The molecule has 0 spiro atoms. The van der Waals surface area contributed by atoms with Gasteiger partial charge in [-0.25, -0.2) is 0 Å². The minimum atomic E-state index is 0.0970. The van der Waals surface area contributed by atoms with Crippen molar-refractivity contribution >= 4 is 27.7 Å². The van der Waals surface area contributed by atoms with Crippen molar-refractivity contribution in [2.45, 2.75) is 6.10 Å². The van der Waals surface area contributed by atoms with Crippen LogP contribution in [0.5, 0.6) is 0 Å². The summed E-state index contributed by atoms with van der Waals surface area (Å²) in [6, 6.07) is 8.26. The third kappa shape index (κ3) is 2.37. The molecule has 2 aromatic heterocycles. The third-order valence-electron chi connectivity index (χ3n) is 2.63. The molecule has 3 rings (SSSR count). The Labute approximate surface area is 108 Å². The van der Waals surface area contributed by atoms with Gasteiger partial charge in [-0.05, 0) is 24.3 Å². The highest BCUT2D eigenvalue weighted by Gasteiger charge is 2.18. The van der Waals surface area contributed by atoms with Crippen molar-refractivity contribution in [2.75, 3.05) is 25.6 Å². The fraction of sp³-hybridized carbons (Fsp3) is 0.333. The summed E-state index contributed by atoms with van der Waals surface area (Å²) in [5.74, 6) is 0. The molecule has 5 heteroatoms. The Bertz CT molecular complexity index is 500. The molecule has 1 saturated heterocycles. The maximum atomic E-state index is 5.74. The molecule has 0 saturated carbocycles. The van der Waals surface area contributed by atoms with Crippen LogP contribution in [0.1, 0.15) is 11.0 Å². The molecule has 0 aliphatic carbocycles. The van der Waals surface area contributed by atoms with Gasteiger partial charge in [-0.3, -0.25) is 0 Å². The minimum Gasteiger partial charge on any atom is -0.391 e. The number of thiophene rings is 2. The monoisotopic (exact) mass is 267 g/mol. The van der Waals surface area contributed by atoms with E-state index in [4.69, 9.17) is 15.2 Å². The Kier molecular flexibility index (Phi) is 3.15. The Morgan fingerprint density at radius 1 is 1.06 bits per heavy atom. The molecule has 3 nitrogen and oxygen atoms in total. The van der Waals surface area contributed by atoms with Crippen LogP contribution in [0.15, 0.2) is 24.3 Å². The molecule has 1 atom stereocenters. The Morgan fingerprint density at radius 2 is 1.88 bits per heavy atom. The molecule has 2 N–H and O–H groups in total. The first-order chi connectivity index (χ1) is 8.33. The molecular weight excluding hydrogens is 254 g/mol. The standard InChI is InChI=1S/C12H13NO2S2/c13-12-4-3-11(17-12)10-2-1-9(16-10)8-7-14-5-6-15-8/h1-4,8H,5-7,13H2. The van der Waals surface area contributed by atoms with Gasteiger partial charge in [-0.1, -0.05) is 0 Å². The van der Waals surface area contributed by atoms with Gasteiger partial charge in [-0.2, -0.15) is 0 Å². The lowest BCUT2D eigenvalue weighted by Gasteiger charge is -2.21. The van der Waals surface area contributed by atoms with Crippen molar-refractivity contribution in [2.24, 2.45) is 0 Å². The van der Waals surface area contributed by atoms with E-state index in [2.05, 4.69) is 18.2 Å². The van der Waals surface area contributed by atoms with E-state index in [-0.39, 0.29) is 6.10 Å². The lowest BCUT2D eigenvalue weighted by Crippen LogP contribution is -2.21. The van der Waals surface area contributed by atoms with E-state index in [0.717, 1.165) is 5.00 Å². The lowest BCUT2D eigenvalue weighted by atomic mass is 10.3. The van der Waals surface area contributed by atoms with Crippen LogP contribution >= 0.6 is 22.7 Å². The van der Waals surface area contributed by atoms with Gasteiger partial charge in [0.1, 0.15) is 6.10 Å². The number of hydrogen-bond donors (Lipinski definition) is 1. The van der Waals surface area contributed by atoms with E-state index in [9.17, 15) is 0 Å². The Hall–Kier alpha value is -0.880. The van der Waals surface area contributed by atoms with E-state index in [1.165, 1.54) is 14.6 Å². The number of nitrogen functional groups attached to an aromatic ring is 1. The first-order valence-electron chi connectivity index (χ1n) is 5.48. The zero-order valence-corrected chi connectivity index (χ0v) is 10.9. The molecule has 0 amide bonds. The van der Waals surface area contributed by atoms with Crippen LogP contribution in [-0.4, -0.2) is 19.8 Å². The van der Waals surface area contributed by atoms with Crippen molar-refractivity contribution in [1.29, 1.82) is 0 Å². The summed E-state index contributed by atoms with van der Waals surface area (Å²) in [5, 5.41) is 0.854. The highest BCUT2D eigenvalue weighted by Crippen LogP contribution is 2.37. The molecule has 0 bridgehead atoms. The minimum absolute atomic E-state index is 0.0970. The predicted molar refractivity (Wildman–Crippen MR) is 71.6 cm³/mol. The van der Waals surface area contributed by atoms with E-state index in [0.29, 0.717) is 19.8 Å². The fourth-order valence-electron chi connectivity index (χ4n) is 1.80. The third-order valence-corrected chi connectivity index (χ3v) is 4.92. The number of ether oxygens (including phenoxy) is 2. The normalized spacial score (nSPS) is 20.6. The van der Waals surface area contributed by atoms with Crippen LogP contribution in [0.3, 0.4) is 0 Å². The van der Waals surface area contributed by atoms with Crippen molar-refractivity contribution in [1.82, 2.24) is 0 Å². The summed E-state index contributed by atoms with van der Waals surface area (Å²) in [4.78, 5) is 3.69. The van der Waals surface area contributed by atoms with Gasteiger partial charge in [-0.15, -0.1) is 22.7 Å². The van der Waals surface area contributed by atoms with E-state index in [1.807, 2.05) is 6.07 Å². The highest BCUT2D eigenvalue weighted by molar-refractivity contribution is 7.24. The average Bonchev–Trinajstić information content (AvgIpc) is 2.98. The maximum Gasteiger partial charge on any atom is 0.115 e. The molecule has 1 fully saturated rings. The molecule has 17 heavy (non-hydrogen) atoms. The summed E-state index contributed by atoms with van der Waals surface area (Å²) < 4.78 is 11.1. The molecule has 1 unspecified atom stereocenters. The van der Waals surface area contributed by atoms with Crippen LogP contribution in [0.2, 0.25) is 0 Å². The summed E-state index contributed by atoms with van der Waals surface area (Å²) >= 11 is 3.37. The van der Waals surface area contributed by atoms with Crippen molar-refractivity contribution in [3.05, 3.63) is 29.1 Å². The molecule has 90 valence electrons. The van der Waals surface area contributed by atoms with Crippen LogP contribution in [0.25, 0.3) is 9.75 Å². The maximum absolute atomic E-state index is 5.74. The topological polar surface area (TPSA) is 44.5 Å². The molecule has 3 heterocycles. The van der Waals surface area contributed by atoms with E-state index in [1.54, 1.807) is 22.7 Å². The average molecular weight is 267 g/mol. The molecular formula is C12H13NO2S2. The van der Waals surface area contributed by atoms with Crippen molar-refractivity contribution in [3.63, 3.8) is 0 Å². The second-order valence-corrected chi connectivity index (χ2v) is 6.07. The van der Waals surface area contributed by atoms with Crippen molar-refractivity contribution < 1.29 is 9.47 Å². The number of anilines is 1. The molecule has 0 aromatic carbocycles. The largest absolute Gasteiger partial charge is 0.391 e. The van der Waals surface area contributed by atoms with Gasteiger partial charge in [0.25, 0.3) is 0 Å². The molecule has 2 aromatic rings. The molecule has 0 radical (unpaired) electrons. The zero-order valence-electron chi connectivity index (χ0n) is 9.22. The van der Waals surface area contributed by atoms with Crippen LogP contribution < -0.4 is 5.73 Å². The Morgan fingerprint density at radius 3 is 2.59 bits per heavy atom. The van der Waals surface area contributed by atoms with Gasteiger partial charge in [0, 0.05) is 14.6 Å². The van der Waals surface area contributed by atoms with Crippen LogP contribution in [-0.2, 0) is 9.47 Å². The SMILES string of the molecule is Nc1ccc(-c2ccc(C3COCCO3)s2)s1.